The fourth-order valence-corrected chi connectivity index (χ4v) is 3.35. The number of nitrogens with zero attached hydrogens (tertiary/aromatic N) is 1. The van der Waals surface area contributed by atoms with E-state index < -0.39 is 0 Å². The van der Waals surface area contributed by atoms with Crippen LogP contribution in [0.3, 0.4) is 0 Å². The molecule has 0 unspecified atom stereocenters. The number of hydrogen-bond donors (Lipinski definition) is 1. The second-order valence-corrected chi connectivity index (χ2v) is 7.25. The zero-order valence-corrected chi connectivity index (χ0v) is 13.1. The Morgan fingerprint density at radius 2 is 1.95 bits per heavy atom. The first-order valence-electron chi connectivity index (χ1n) is 7.86. The van der Waals surface area contributed by atoms with Gasteiger partial charge in [0.2, 0.25) is 5.91 Å². The smallest absolute Gasteiger partial charge is 0.243 e. The van der Waals surface area contributed by atoms with Crippen LogP contribution in [0.5, 0.6) is 0 Å². The van der Waals surface area contributed by atoms with Crippen LogP contribution in [0.2, 0.25) is 0 Å². The van der Waals surface area contributed by atoms with Crippen LogP contribution < -0.4 is 5.43 Å². The summed E-state index contributed by atoms with van der Waals surface area (Å²) in [5.74, 6) is 0.500. The van der Waals surface area contributed by atoms with Crippen LogP contribution in [0.25, 0.3) is 0 Å². The molecule has 4 heteroatoms. The van der Waals surface area contributed by atoms with Crippen LogP contribution in [0.1, 0.15) is 51.0 Å². The number of Topliss-reactive ketones (excluding diaryl/α,β-unsaturated/α-hetero) is 1. The Morgan fingerprint density at radius 1 is 1.23 bits per heavy atom. The van der Waals surface area contributed by atoms with Crippen molar-refractivity contribution in [3.05, 3.63) is 35.9 Å². The van der Waals surface area contributed by atoms with Gasteiger partial charge in [-0.1, -0.05) is 44.2 Å². The van der Waals surface area contributed by atoms with Gasteiger partial charge in [-0.3, -0.25) is 9.59 Å². The topological polar surface area (TPSA) is 58.5 Å². The maximum atomic E-state index is 12.2. The molecule has 1 aromatic rings. The van der Waals surface area contributed by atoms with Crippen molar-refractivity contribution < 1.29 is 9.59 Å². The number of carbonyl (C=O) groups is 2. The zero-order chi connectivity index (χ0) is 15.7. The highest BCUT2D eigenvalue weighted by Gasteiger charge is 2.44. The number of rotatable bonds is 3. The van der Waals surface area contributed by atoms with Gasteiger partial charge < -0.3 is 0 Å². The first-order valence-corrected chi connectivity index (χ1v) is 7.86. The molecule has 1 N–H and O–H groups in total. The predicted molar refractivity (Wildman–Crippen MR) is 85.5 cm³/mol. The second kappa shape index (κ2) is 5.67. The minimum Gasteiger partial charge on any atom is -0.299 e. The van der Waals surface area contributed by atoms with E-state index in [9.17, 15) is 9.59 Å². The van der Waals surface area contributed by atoms with Crippen LogP contribution in [-0.2, 0) is 9.59 Å². The first-order chi connectivity index (χ1) is 10.4. The third-order valence-corrected chi connectivity index (χ3v) is 4.44. The van der Waals surface area contributed by atoms with Gasteiger partial charge in [-0.05, 0) is 29.7 Å². The molecule has 2 fully saturated rings. The maximum Gasteiger partial charge on any atom is 0.243 e. The van der Waals surface area contributed by atoms with Crippen molar-refractivity contribution in [3.63, 3.8) is 0 Å². The van der Waals surface area contributed by atoms with E-state index in [0.29, 0.717) is 18.8 Å². The quantitative estimate of drug-likeness (QED) is 0.872. The number of ketones is 1. The molecule has 2 saturated carbocycles. The van der Waals surface area contributed by atoms with Gasteiger partial charge in [-0.2, -0.15) is 5.10 Å². The molecule has 0 saturated heterocycles. The molecule has 2 atom stereocenters. The third-order valence-electron chi connectivity index (χ3n) is 4.44. The van der Waals surface area contributed by atoms with Crippen molar-refractivity contribution in [2.45, 2.75) is 45.4 Å². The molecule has 1 amide bonds. The lowest BCUT2D eigenvalue weighted by molar-refractivity contribution is -0.123. The van der Waals surface area contributed by atoms with Crippen molar-refractivity contribution in [3.8, 4) is 0 Å². The number of carbonyl (C=O) groups excluding carboxylic acids is 2. The first kappa shape index (κ1) is 14.9. The number of benzene rings is 1. The van der Waals surface area contributed by atoms with E-state index in [2.05, 4.69) is 36.5 Å². The molecule has 4 nitrogen and oxygen atoms in total. The summed E-state index contributed by atoms with van der Waals surface area (Å²) in [4.78, 5) is 23.9. The zero-order valence-electron chi connectivity index (χ0n) is 13.1. The molecule has 0 aromatic heterocycles. The average molecular weight is 298 g/mol. The third kappa shape index (κ3) is 3.43. The highest BCUT2D eigenvalue weighted by molar-refractivity contribution is 6.05. The van der Waals surface area contributed by atoms with Gasteiger partial charge in [0.05, 0.1) is 0 Å². The van der Waals surface area contributed by atoms with Crippen molar-refractivity contribution in [1.82, 2.24) is 5.43 Å². The molecule has 0 aliphatic heterocycles. The monoisotopic (exact) mass is 298 g/mol. The van der Waals surface area contributed by atoms with Gasteiger partial charge in [-0.25, -0.2) is 5.43 Å². The van der Waals surface area contributed by atoms with E-state index >= 15 is 0 Å². The Hall–Kier alpha value is -1.97. The molecular formula is C18H22N2O2. The molecular weight excluding hydrogens is 276 g/mol. The van der Waals surface area contributed by atoms with E-state index in [1.54, 1.807) is 0 Å². The molecule has 0 radical (unpaired) electrons. The Kier molecular flexibility index (Phi) is 3.85. The van der Waals surface area contributed by atoms with E-state index in [1.807, 2.05) is 18.2 Å². The number of amides is 1. The van der Waals surface area contributed by atoms with E-state index in [4.69, 9.17) is 0 Å². The molecule has 0 spiro atoms. The highest BCUT2D eigenvalue weighted by Crippen LogP contribution is 2.47. The summed E-state index contributed by atoms with van der Waals surface area (Å²) in [6.45, 7) is 4.13. The predicted octanol–water partition coefficient (Wildman–Crippen LogP) is 3.04. The summed E-state index contributed by atoms with van der Waals surface area (Å²) in [5.41, 5.74) is 4.63. The fourth-order valence-electron chi connectivity index (χ4n) is 3.35. The maximum absolute atomic E-state index is 12.2. The van der Waals surface area contributed by atoms with Crippen LogP contribution in [-0.4, -0.2) is 17.4 Å². The molecule has 1 aromatic carbocycles. The second-order valence-electron chi connectivity index (χ2n) is 7.25. The SMILES string of the molecule is CC1(C)CC(=O)C/C(=N\NC(=O)[C@@H]2C[C@@H]2c2ccccc2)C1. The molecule has 116 valence electrons. The largest absolute Gasteiger partial charge is 0.299 e. The van der Waals surface area contributed by atoms with E-state index in [-0.39, 0.29) is 23.0 Å². The summed E-state index contributed by atoms with van der Waals surface area (Å²) in [5, 5.41) is 4.21. The summed E-state index contributed by atoms with van der Waals surface area (Å²) < 4.78 is 0. The van der Waals surface area contributed by atoms with Gasteiger partial charge in [0, 0.05) is 24.5 Å². The lowest BCUT2D eigenvalue weighted by atomic mass is 9.76. The fraction of sp³-hybridized carbons (Fsp3) is 0.500. The minimum atomic E-state index is -0.0505. The average Bonchev–Trinajstić information content (AvgIpc) is 3.24. The lowest BCUT2D eigenvalue weighted by Crippen LogP contribution is -2.31. The van der Waals surface area contributed by atoms with Crippen molar-refractivity contribution in [2.24, 2.45) is 16.4 Å². The summed E-state index contributed by atoms with van der Waals surface area (Å²) in [6, 6.07) is 10.1. The minimum absolute atomic E-state index is 0.0130. The molecule has 0 heterocycles. The van der Waals surface area contributed by atoms with Crippen molar-refractivity contribution >= 4 is 17.4 Å². The lowest BCUT2D eigenvalue weighted by Gasteiger charge is -2.29. The van der Waals surface area contributed by atoms with Crippen LogP contribution >= 0.6 is 0 Å². The Bertz CT molecular complexity index is 619. The summed E-state index contributed by atoms with van der Waals surface area (Å²) >= 11 is 0. The standard InChI is InChI=1S/C18H22N2O2/c1-18(2)10-13(8-14(21)11-18)19-20-17(22)16-9-15(16)12-6-4-3-5-7-12/h3-7,15-16H,8-11H2,1-2H3,(H,20,22)/b19-13+/t15-,16-/m1/s1. The van der Waals surface area contributed by atoms with Crippen molar-refractivity contribution in [2.75, 3.05) is 0 Å². The van der Waals surface area contributed by atoms with Crippen molar-refractivity contribution in [1.29, 1.82) is 0 Å². The summed E-state index contributed by atoms with van der Waals surface area (Å²) in [7, 11) is 0. The van der Waals surface area contributed by atoms with Crippen LogP contribution in [0.4, 0.5) is 0 Å². The number of hydrazone groups is 1. The van der Waals surface area contributed by atoms with Gasteiger partial charge in [0.25, 0.3) is 0 Å². The van der Waals surface area contributed by atoms with Crippen LogP contribution in [0, 0.1) is 11.3 Å². The Balaban J connectivity index is 1.57. The van der Waals surface area contributed by atoms with Gasteiger partial charge in [-0.15, -0.1) is 0 Å². The van der Waals surface area contributed by atoms with Gasteiger partial charge in [0.15, 0.2) is 0 Å². The molecule has 2 aliphatic rings. The van der Waals surface area contributed by atoms with Crippen LogP contribution in [0.15, 0.2) is 35.4 Å². The number of hydrogen-bond acceptors (Lipinski definition) is 3. The normalized spacial score (nSPS) is 28.5. The highest BCUT2D eigenvalue weighted by atomic mass is 16.2. The van der Waals surface area contributed by atoms with E-state index in [0.717, 1.165) is 18.6 Å². The molecule has 0 bridgehead atoms. The van der Waals surface area contributed by atoms with E-state index in [1.165, 1.54) is 5.56 Å². The molecule has 2 aliphatic carbocycles. The van der Waals surface area contributed by atoms with Gasteiger partial charge >= 0.3 is 0 Å². The molecule has 3 rings (SSSR count). The molecule has 22 heavy (non-hydrogen) atoms. The van der Waals surface area contributed by atoms with Gasteiger partial charge in [0.1, 0.15) is 5.78 Å². The Labute approximate surface area is 131 Å². The number of nitrogens with one attached hydrogen (secondary N) is 1. The Morgan fingerprint density at radius 3 is 2.64 bits per heavy atom. The summed E-state index contributed by atoms with van der Waals surface area (Å²) in [6.07, 6.45) is 2.62.